The molecule has 0 amide bonds. The molecule has 0 aliphatic carbocycles. The molecular weight excluding hydrogens is 228 g/mol. The smallest absolute Gasteiger partial charge is 0.134 e. The van der Waals surface area contributed by atoms with E-state index in [0.29, 0.717) is 6.61 Å². The molecule has 18 heavy (non-hydrogen) atoms. The number of nitrogens with zero attached hydrogens (tertiary/aromatic N) is 3. The summed E-state index contributed by atoms with van der Waals surface area (Å²) in [6.07, 6.45) is 4.20. The third-order valence-electron chi connectivity index (χ3n) is 3.25. The number of methoxy groups -OCH3 is 1. The predicted octanol–water partition coefficient (Wildman–Crippen LogP) is 1.77. The van der Waals surface area contributed by atoms with Crippen molar-refractivity contribution in [2.24, 2.45) is 5.92 Å². The summed E-state index contributed by atoms with van der Waals surface area (Å²) in [6, 6.07) is 2.02. The van der Waals surface area contributed by atoms with Crippen molar-refractivity contribution in [2.75, 3.05) is 43.6 Å². The van der Waals surface area contributed by atoms with E-state index in [-0.39, 0.29) is 0 Å². The summed E-state index contributed by atoms with van der Waals surface area (Å²) < 4.78 is 5.01. The maximum atomic E-state index is 5.01. The molecule has 1 aromatic heterocycles. The van der Waals surface area contributed by atoms with Gasteiger partial charge in [-0.15, -0.1) is 0 Å². The fourth-order valence-corrected chi connectivity index (χ4v) is 2.30. The topological polar surface area (TPSA) is 50.3 Å². The lowest BCUT2D eigenvalue weighted by atomic mass is 10.0. The zero-order valence-corrected chi connectivity index (χ0v) is 11.2. The highest BCUT2D eigenvalue weighted by Crippen LogP contribution is 2.22. The quantitative estimate of drug-likeness (QED) is 0.807. The van der Waals surface area contributed by atoms with Gasteiger partial charge in [0, 0.05) is 32.8 Å². The molecular formula is C13H22N4O. The lowest BCUT2D eigenvalue weighted by molar-refractivity contribution is 0.210. The molecule has 5 heteroatoms. The first-order valence-corrected chi connectivity index (χ1v) is 6.59. The molecule has 100 valence electrons. The fraction of sp³-hybridized carbons (Fsp3) is 0.692. The Bertz CT molecular complexity index is 372. The lowest BCUT2D eigenvalue weighted by Crippen LogP contribution is -2.34. The zero-order chi connectivity index (χ0) is 12.8. The maximum absolute atomic E-state index is 5.01. The van der Waals surface area contributed by atoms with Gasteiger partial charge >= 0.3 is 0 Å². The van der Waals surface area contributed by atoms with E-state index in [0.717, 1.165) is 37.2 Å². The number of aromatic nitrogens is 2. The standard InChI is InChI=1S/C13H22N4O/c1-11-4-3-6-17(9-11)13-8-12(15-10-16-13)14-5-7-18-2/h8,10-11H,3-7,9H2,1-2H3,(H,14,15,16). The van der Waals surface area contributed by atoms with Gasteiger partial charge in [0.25, 0.3) is 0 Å². The van der Waals surface area contributed by atoms with Gasteiger partial charge in [-0.05, 0) is 18.8 Å². The van der Waals surface area contributed by atoms with Gasteiger partial charge in [-0.1, -0.05) is 6.92 Å². The highest BCUT2D eigenvalue weighted by Gasteiger charge is 2.17. The van der Waals surface area contributed by atoms with E-state index in [1.807, 2.05) is 6.07 Å². The molecule has 2 rings (SSSR count). The van der Waals surface area contributed by atoms with Crippen LogP contribution in [0, 0.1) is 5.92 Å². The molecule has 1 N–H and O–H groups in total. The Labute approximate surface area is 109 Å². The molecule has 0 aromatic carbocycles. The zero-order valence-electron chi connectivity index (χ0n) is 11.2. The van der Waals surface area contributed by atoms with Crippen LogP contribution in [0.15, 0.2) is 12.4 Å². The van der Waals surface area contributed by atoms with Gasteiger partial charge in [-0.25, -0.2) is 9.97 Å². The van der Waals surface area contributed by atoms with Crippen molar-refractivity contribution in [3.8, 4) is 0 Å². The van der Waals surface area contributed by atoms with Crippen LogP contribution >= 0.6 is 0 Å². The Kier molecular flexibility index (Phi) is 4.75. The molecule has 1 aliphatic heterocycles. The Morgan fingerprint density at radius 1 is 1.50 bits per heavy atom. The second kappa shape index (κ2) is 6.54. The minimum Gasteiger partial charge on any atom is -0.383 e. The first-order valence-electron chi connectivity index (χ1n) is 6.59. The third-order valence-corrected chi connectivity index (χ3v) is 3.25. The summed E-state index contributed by atoms with van der Waals surface area (Å²) in [5.74, 6) is 2.64. The molecule has 1 atom stereocenters. The predicted molar refractivity (Wildman–Crippen MR) is 73.0 cm³/mol. The molecule has 0 spiro atoms. The Morgan fingerprint density at radius 2 is 2.39 bits per heavy atom. The van der Waals surface area contributed by atoms with E-state index >= 15 is 0 Å². The average molecular weight is 250 g/mol. The summed E-state index contributed by atoms with van der Waals surface area (Å²) >= 11 is 0. The van der Waals surface area contributed by atoms with Crippen molar-refractivity contribution >= 4 is 11.6 Å². The van der Waals surface area contributed by atoms with E-state index in [1.54, 1.807) is 13.4 Å². The highest BCUT2D eigenvalue weighted by molar-refractivity contribution is 5.48. The molecule has 0 saturated carbocycles. The Hall–Kier alpha value is -1.36. The van der Waals surface area contributed by atoms with Crippen LogP contribution in [0.4, 0.5) is 11.6 Å². The number of ether oxygens (including phenoxy) is 1. The van der Waals surface area contributed by atoms with Crippen molar-refractivity contribution in [3.05, 3.63) is 12.4 Å². The van der Waals surface area contributed by atoms with Crippen molar-refractivity contribution in [1.82, 2.24) is 9.97 Å². The number of piperidine rings is 1. The highest BCUT2D eigenvalue weighted by atomic mass is 16.5. The largest absolute Gasteiger partial charge is 0.383 e. The molecule has 1 unspecified atom stereocenters. The van der Waals surface area contributed by atoms with Crippen LogP contribution in [-0.2, 0) is 4.74 Å². The van der Waals surface area contributed by atoms with Crippen LogP contribution in [0.5, 0.6) is 0 Å². The number of nitrogens with one attached hydrogen (secondary N) is 1. The van der Waals surface area contributed by atoms with Gasteiger partial charge in [-0.2, -0.15) is 0 Å². The SMILES string of the molecule is COCCNc1cc(N2CCCC(C)C2)ncn1. The van der Waals surface area contributed by atoms with Crippen molar-refractivity contribution < 1.29 is 4.74 Å². The monoisotopic (exact) mass is 250 g/mol. The van der Waals surface area contributed by atoms with Crippen LogP contribution in [0.1, 0.15) is 19.8 Å². The van der Waals surface area contributed by atoms with Crippen molar-refractivity contribution in [2.45, 2.75) is 19.8 Å². The van der Waals surface area contributed by atoms with E-state index in [2.05, 4.69) is 27.1 Å². The van der Waals surface area contributed by atoms with Crippen LogP contribution in [0.3, 0.4) is 0 Å². The van der Waals surface area contributed by atoms with Gasteiger partial charge in [0.15, 0.2) is 0 Å². The van der Waals surface area contributed by atoms with Gasteiger partial charge in [-0.3, -0.25) is 0 Å². The summed E-state index contributed by atoms with van der Waals surface area (Å²) in [7, 11) is 1.70. The van der Waals surface area contributed by atoms with Crippen molar-refractivity contribution in [3.63, 3.8) is 0 Å². The average Bonchev–Trinajstić information content (AvgIpc) is 2.39. The number of anilines is 2. The number of hydrogen-bond acceptors (Lipinski definition) is 5. The van der Waals surface area contributed by atoms with Gasteiger partial charge < -0.3 is 15.0 Å². The van der Waals surface area contributed by atoms with Crippen LogP contribution in [-0.4, -0.2) is 43.3 Å². The summed E-state index contributed by atoms with van der Waals surface area (Å²) in [5.41, 5.74) is 0. The second-order valence-corrected chi connectivity index (χ2v) is 4.87. The molecule has 1 aliphatic rings. The minimum atomic E-state index is 0.681. The molecule has 5 nitrogen and oxygen atoms in total. The third kappa shape index (κ3) is 3.57. The lowest BCUT2D eigenvalue weighted by Gasteiger charge is -2.31. The van der Waals surface area contributed by atoms with E-state index in [1.165, 1.54) is 12.8 Å². The number of rotatable bonds is 5. The first-order chi connectivity index (χ1) is 8.79. The van der Waals surface area contributed by atoms with Gasteiger partial charge in [0.05, 0.1) is 6.61 Å². The molecule has 0 bridgehead atoms. The number of hydrogen-bond donors (Lipinski definition) is 1. The normalized spacial score (nSPS) is 19.9. The van der Waals surface area contributed by atoms with E-state index < -0.39 is 0 Å². The Morgan fingerprint density at radius 3 is 3.17 bits per heavy atom. The fourth-order valence-electron chi connectivity index (χ4n) is 2.30. The molecule has 1 saturated heterocycles. The molecule has 0 radical (unpaired) electrons. The van der Waals surface area contributed by atoms with Crippen molar-refractivity contribution in [1.29, 1.82) is 0 Å². The summed E-state index contributed by atoms with van der Waals surface area (Å²) in [4.78, 5) is 10.9. The van der Waals surface area contributed by atoms with Gasteiger partial charge in [0.1, 0.15) is 18.0 Å². The molecule has 1 aromatic rings. The Balaban J connectivity index is 1.97. The van der Waals surface area contributed by atoms with Crippen LogP contribution < -0.4 is 10.2 Å². The van der Waals surface area contributed by atoms with E-state index in [4.69, 9.17) is 4.74 Å². The first kappa shape index (κ1) is 13.1. The van der Waals surface area contributed by atoms with Crippen LogP contribution in [0.25, 0.3) is 0 Å². The minimum absolute atomic E-state index is 0.681. The molecule has 1 fully saturated rings. The van der Waals surface area contributed by atoms with Crippen LogP contribution in [0.2, 0.25) is 0 Å². The van der Waals surface area contributed by atoms with Gasteiger partial charge in [0.2, 0.25) is 0 Å². The molecule has 2 heterocycles. The summed E-state index contributed by atoms with van der Waals surface area (Å²) in [6.45, 7) is 5.93. The summed E-state index contributed by atoms with van der Waals surface area (Å²) in [5, 5.41) is 3.23. The maximum Gasteiger partial charge on any atom is 0.134 e. The second-order valence-electron chi connectivity index (χ2n) is 4.87. The van der Waals surface area contributed by atoms with E-state index in [9.17, 15) is 0 Å².